The smallest absolute Gasteiger partial charge is 0.123 e. The Kier molecular flexibility index (Phi) is 6.08. The summed E-state index contributed by atoms with van der Waals surface area (Å²) in [4.78, 5) is 1.20. The topological polar surface area (TPSA) is 35.2 Å². The van der Waals surface area contributed by atoms with Crippen molar-refractivity contribution in [2.75, 3.05) is 0 Å². The van der Waals surface area contributed by atoms with E-state index in [2.05, 4.69) is 50.9 Å². The lowest BCUT2D eigenvalue weighted by Crippen LogP contribution is -2.21. The highest BCUT2D eigenvalue weighted by atomic mass is 79.9. The molecule has 5 heteroatoms. The van der Waals surface area contributed by atoms with Crippen LogP contribution in [0.5, 0.6) is 5.75 Å². The van der Waals surface area contributed by atoms with Gasteiger partial charge in [-0.3, -0.25) is 0 Å². The molecule has 0 saturated carbocycles. The fourth-order valence-corrected chi connectivity index (χ4v) is 3.66. The van der Waals surface area contributed by atoms with Gasteiger partial charge in [0.2, 0.25) is 0 Å². The van der Waals surface area contributed by atoms with E-state index < -0.39 is 0 Å². The number of thiophene rings is 1. The monoisotopic (exact) mass is 417 g/mol. The van der Waals surface area contributed by atoms with Crippen molar-refractivity contribution in [2.45, 2.75) is 32.4 Å². The number of hydrogen-bond acceptors (Lipinski definition) is 3. The molecular weight excluding hydrogens is 402 g/mol. The molecule has 0 radical (unpaired) electrons. The van der Waals surface area contributed by atoms with Crippen molar-refractivity contribution in [3.8, 4) is 5.75 Å². The van der Waals surface area contributed by atoms with E-state index in [9.17, 15) is 0 Å². The fourth-order valence-electron chi connectivity index (χ4n) is 1.85. The maximum Gasteiger partial charge on any atom is 0.123 e. The van der Waals surface area contributed by atoms with Crippen molar-refractivity contribution in [1.82, 2.24) is 0 Å². The summed E-state index contributed by atoms with van der Waals surface area (Å²) in [6, 6.07) is 10.4. The Balaban J connectivity index is 2.09. The van der Waals surface area contributed by atoms with Crippen LogP contribution in [0, 0.1) is 0 Å². The van der Waals surface area contributed by atoms with Crippen molar-refractivity contribution in [2.24, 2.45) is 5.73 Å². The second-order valence-corrected chi connectivity index (χ2v) is 8.08. The van der Waals surface area contributed by atoms with Crippen LogP contribution in [0.2, 0.25) is 0 Å². The molecule has 0 aliphatic carbocycles. The van der Waals surface area contributed by atoms with Gasteiger partial charge in [-0.15, -0.1) is 11.3 Å². The molecule has 2 N–H and O–H groups in total. The summed E-state index contributed by atoms with van der Waals surface area (Å²) in [6.07, 6.45) is 1.79. The minimum absolute atomic E-state index is 0.169. The highest BCUT2D eigenvalue weighted by Crippen LogP contribution is 2.27. The van der Waals surface area contributed by atoms with Gasteiger partial charge in [0.1, 0.15) is 12.4 Å². The molecule has 2 nitrogen and oxygen atoms in total. The average Bonchev–Trinajstić information content (AvgIpc) is 2.83. The van der Waals surface area contributed by atoms with E-state index in [0.717, 1.165) is 32.4 Å². The SMILES string of the molecule is CCC(N)Cc1cc(Br)ccc1OCc1ccc(Br)s1. The summed E-state index contributed by atoms with van der Waals surface area (Å²) >= 11 is 8.66. The van der Waals surface area contributed by atoms with Crippen molar-refractivity contribution < 1.29 is 4.74 Å². The summed E-state index contributed by atoms with van der Waals surface area (Å²) in [7, 11) is 0. The Morgan fingerprint density at radius 1 is 1.25 bits per heavy atom. The van der Waals surface area contributed by atoms with Crippen LogP contribution in [-0.4, -0.2) is 6.04 Å². The summed E-state index contributed by atoms with van der Waals surface area (Å²) in [6.45, 7) is 2.69. The van der Waals surface area contributed by atoms with Crippen LogP contribution in [0.3, 0.4) is 0 Å². The number of nitrogens with two attached hydrogens (primary N) is 1. The third-order valence-electron chi connectivity index (χ3n) is 3.03. The lowest BCUT2D eigenvalue weighted by atomic mass is 10.0. The van der Waals surface area contributed by atoms with Gasteiger partial charge in [0.15, 0.2) is 0 Å². The molecule has 1 aromatic heterocycles. The van der Waals surface area contributed by atoms with Crippen molar-refractivity contribution in [3.63, 3.8) is 0 Å². The van der Waals surface area contributed by atoms with Crippen LogP contribution in [0.15, 0.2) is 38.6 Å². The van der Waals surface area contributed by atoms with Crippen LogP contribution >= 0.6 is 43.2 Å². The lowest BCUT2D eigenvalue weighted by Gasteiger charge is -2.14. The molecule has 0 aliphatic rings. The van der Waals surface area contributed by atoms with Crippen LogP contribution in [0.25, 0.3) is 0 Å². The molecule has 1 unspecified atom stereocenters. The van der Waals surface area contributed by atoms with Gasteiger partial charge in [-0.25, -0.2) is 0 Å². The zero-order valence-electron chi connectivity index (χ0n) is 11.2. The molecule has 0 bridgehead atoms. The fraction of sp³-hybridized carbons (Fsp3) is 0.333. The predicted molar refractivity (Wildman–Crippen MR) is 92.5 cm³/mol. The molecule has 108 valence electrons. The quantitative estimate of drug-likeness (QED) is 0.705. The van der Waals surface area contributed by atoms with E-state index in [1.807, 2.05) is 18.2 Å². The van der Waals surface area contributed by atoms with Crippen molar-refractivity contribution >= 4 is 43.2 Å². The highest BCUT2D eigenvalue weighted by Gasteiger charge is 2.09. The Morgan fingerprint density at radius 3 is 2.70 bits per heavy atom. The van der Waals surface area contributed by atoms with Crippen molar-refractivity contribution in [1.29, 1.82) is 0 Å². The van der Waals surface area contributed by atoms with E-state index in [4.69, 9.17) is 10.5 Å². The summed E-state index contributed by atoms with van der Waals surface area (Å²) < 4.78 is 8.13. The zero-order chi connectivity index (χ0) is 14.5. The molecule has 2 aromatic rings. The number of rotatable bonds is 6. The zero-order valence-corrected chi connectivity index (χ0v) is 15.2. The van der Waals surface area contributed by atoms with Crippen LogP contribution in [-0.2, 0) is 13.0 Å². The van der Waals surface area contributed by atoms with Crippen LogP contribution < -0.4 is 10.5 Å². The maximum absolute atomic E-state index is 6.06. The Morgan fingerprint density at radius 2 is 2.05 bits per heavy atom. The second-order valence-electron chi connectivity index (χ2n) is 4.62. The molecular formula is C15H17Br2NOS. The van der Waals surface area contributed by atoms with E-state index in [1.165, 1.54) is 4.88 Å². The van der Waals surface area contributed by atoms with Crippen molar-refractivity contribution in [3.05, 3.63) is 49.0 Å². The van der Waals surface area contributed by atoms with Gasteiger partial charge in [0, 0.05) is 15.4 Å². The van der Waals surface area contributed by atoms with Gasteiger partial charge in [0.25, 0.3) is 0 Å². The Hall–Kier alpha value is -0.360. The normalized spacial score (nSPS) is 12.4. The van der Waals surface area contributed by atoms with Gasteiger partial charge < -0.3 is 10.5 Å². The number of hydrogen-bond donors (Lipinski definition) is 1. The summed E-state index contributed by atoms with van der Waals surface area (Å²) in [5.74, 6) is 0.918. The summed E-state index contributed by atoms with van der Waals surface area (Å²) in [5.41, 5.74) is 7.22. The second kappa shape index (κ2) is 7.59. The lowest BCUT2D eigenvalue weighted by molar-refractivity contribution is 0.305. The first-order valence-corrected chi connectivity index (χ1v) is 8.89. The third kappa shape index (κ3) is 4.58. The first-order chi connectivity index (χ1) is 9.58. The van der Waals surface area contributed by atoms with Crippen LogP contribution in [0.1, 0.15) is 23.8 Å². The molecule has 0 saturated heterocycles. The van der Waals surface area contributed by atoms with Gasteiger partial charge in [-0.2, -0.15) is 0 Å². The van der Waals surface area contributed by atoms with Gasteiger partial charge in [-0.1, -0.05) is 22.9 Å². The molecule has 0 spiro atoms. The average molecular weight is 419 g/mol. The molecule has 1 atom stereocenters. The molecule has 0 fully saturated rings. The molecule has 1 heterocycles. The minimum atomic E-state index is 0.169. The molecule has 0 aliphatic heterocycles. The van der Waals surface area contributed by atoms with E-state index in [0.29, 0.717) is 6.61 Å². The number of benzene rings is 1. The molecule has 1 aromatic carbocycles. The largest absolute Gasteiger partial charge is 0.488 e. The first-order valence-electron chi connectivity index (χ1n) is 6.49. The molecule has 2 rings (SSSR count). The Bertz CT molecular complexity index is 571. The summed E-state index contributed by atoms with van der Waals surface area (Å²) in [5, 5.41) is 0. The van der Waals surface area contributed by atoms with Gasteiger partial charge in [-0.05, 0) is 64.7 Å². The first kappa shape index (κ1) is 16.0. The van der Waals surface area contributed by atoms with Gasteiger partial charge >= 0.3 is 0 Å². The van der Waals surface area contributed by atoms with E-state index in [-0.39, 0.29) is 6.04 Å². The van der Waals surface area contributed by atoms with E-state index in [1.54, 1.807) is 11.3 Å². The standard InChI is InChI=1S/C15H17Br2NOS/c1-2-12(18)8-10-7-11(16)3-5-14(10)19-9-13-4-6-15(17)20-13/h3-7,12H,2,8-9,18H2,1H3. The van der Waals surface area contributed by atoms with E-state index >= 15 is 0 Å². The predicted octanol–water partition coefficient (Wildman–Crippen LogP) is 5.13. The molecule has 0 amide bonds. The Labute approximate surface area is 140 Å². The van der Waals surface area contributed by atoms with Gasteiger partial charge in [0.05, 0.1) is 3.79 Å². The molecule has 20 heavy (non-hydrogen) atoms. The highest BCUT2D eigenvalue weighted by molar-refractivity contribution is 9.11. The number of ether oxygens (including phenoxy) is 1. The maximum atomic E-state index is 6.06. The number of halogens is 2. The van der Waals surface area contributed by atoms with Crippen LogP contribution in [0.4, 0.5) is 0 Å². The minimum Gasteiger partial charge on any atom is -0.488 e. The third-order valence-corrected chi connectivity index (χ3v) is 5.12.